The number of nitrogens with zero attached hydrogens (tertiary/aromatic N) is 2. The third-order valence-corrected chi connectivity index (χ3v) is 4.07. The third kappa shape index (κ3) is 2.95. The number of nitrogens with one attached hydrogen (secondary N) is 1. The minimum Gasteiger partial charge on any atom is -0.397 e. The summed E-state index contributed by atoms with van der Waals surface area (Å²) in [5.41, 5.74) is 10.4. The molecule has 2 rings (SSSR count). The van der Waals surface area contributed by atoms with E-state index in [2.05, 4.69) is 36.6 Å². The second kappa shape index (κ2) is 5.46. The number of pyridine rings is 1. The van der Waals surface area contributed by atoms with Crippen molar-refractivity contribution in [1.82, 2.24) is 9.97 Å². The van der Waals surface area contributed by atoms with E-state index in [9.17, 15) is 0 Å². The maximum absolute atomic E-state index is 5.77. The van der Waals surface area contributed by atoms with Crippen molar-refractivity contribution in [2.24, 2.45) is 0 Å². The lowest BCUT2D eigenvalue weighted by atomic mass is 10.2. The van der Waals surface area contributed by atoms with E-state index < -0.39 is 0 Å². The van der Waals surface area contributed by atoms with Crippen molar-refractivity contribution >= 4 is 38.8 Å². The van der Waals surface area contributed by atoms with Crippen molar-refractivity contribution < 1.29 is 0 Å². The van der Waals surface area contributed by atoms with Crippen molar-refractivity contribution in [2.75, 3.05) is 17.6 Å². The molecule has 0 amide bonds. The Labute approximate surface area is 112 Å². The molecule has 0 aromatic carbocycles. The summed E-state index contributed by atoms with van der Waals surface area (Å²) in [5.74, 6) is 0.826. The Hall–Kier alpha value is -1.14. The number of hydrogen-bond acceptors (Lipinski definition) is 5. The molecule has 0 unspecified atom stereocenters. The van der Waals surface area contributed by atoms with Gasteiger partial charge in [0.05, 0.1) is 27.6 Å². The highest BCUT2D eigenvalue weighted by atomic mass is 79.9. The largest absolute Gasteiger partial charge is 0.397 e. The van der Waals surface area contributed by atoms with E-state index in [0.29, 0.717) is 5.69 Å². The van der Waals surface area contributed by atoms with Crippen molar-refractivity contribution in [3.8, 4) is 0 Å². The molecule has 0 aliphatic heterocycles. The van der Waals surface area contributed by atoms with Crippen LogP contribution in [0.2, 0.25) is 0 Å². The van der Waals surface area contributed by atoms with E-state index in [4.69, 9.17) is 5.73 Å². The Morgan fingerprint density at radius 1 is 1.47 bits per heavy atom. The molecule has 4 nitrogen and oxygen atoms in total. The van der Waals surface area contributed by atoms with Crippen LogP contribution in [0.5, 0.6) is 0 Å². The Balaban J connectivity index is 1.97. The number of nitrogen functional groups attached to an aromatic ring is 1. The van der Waals surface area contributed by atoms with Crippen molar-refractivity contribution in [3.05, 3.63) is 32.8 Å². The average Bonchev–Trinajstić information content (AvgIpc) is 2.82. The molecule has 0 spiro atoms. The number of aromatic nitrogens is 2. The molecular weight excluding hydrogens is 300 g/mol. The highest BCUT2D eigenvalue weighted by molar-refractivity contribution is 9.10. The molecule has 6 heteroatoms. The number of anilines is 2. The van der Waals surface area contributed by atoms with Gasteiger partial charge in [-0.1, -0.05) is 0 Å². The Morgan fingerprint density at radius 2 is 2.29 bits per heavy atom. The Morgan fingerprint density at radius 3 is 3.00 bits per heavy atom. The topological polar surface area (TPSA) is 63.8 Å². The predicted molar refractivity (Wildman–Crippen MR) is 75.4 cm³/mol. The van der Waals surface area contributed by atoms with Crippen molar-refractivity contribution in [2.45, 2.75) is 13.3 Å². The number of hydrogen-bond donors (Lipinski definition) is 2. The number of nitrogens with two attached hydrogens (primary N) is 1. The van der Waals surface area contributed by atoms with E-state index in [0.717, 1.165) is 34.5 Å². The normalized spacial score (nSPS) is 10.5. The monoisotopic (exact) mass is 312 g/mol. The van der Waals surface area contributed by atoms with Gasteiger partial charge < -0.3 is 11.1 Å². The number of rotatable bonds is 4. The fraction of sp³-hybridized carbons (Fsp3) is 0.273. The van der Waals surface area contributed by atoms with E-state index in [1.165, 1.54) is 0 Å². The van der Waals surface area contributed by atoms with Crippen LogP contribution in [-0.2, 0) is 6.42 Å². The van der Waals surface area contributed by atoms with Gasteiger partial charge in [-0.3, -0.25) is 0 Å². The van der Waals surface area contributed by atoms with Crippen molar-refractivity contribution in [1.29, 1.82) is 0 Å². The third-order valence-electron chi connectivity index (χ3n) is 2.46. The van der Waals surface area contributed by atoms with E-state index in [-0.39, 0.29) is 0 Å². The fourth-order valence-electron chi connectivity index (χ4n) is 1.39. The molecule has 0 saturated carbocycles. The fourth-order valence-corrected chi connectivity index (χ4v) is 2.45. The molecule has 0 fully saturated rings. The van der Waals surface area contributed by atoms with E-state index >= 15 is 0 Å². The zero-order valence-corrected chi connectivity index (χ0v) is 11.8. The minimum absolute atomic E-state index is 0.696. The molecule has 2 aromatic heterocycles. The molecule has 90 valence electrons. The first-order chi connectivity index (χ1) is 8.18. The van der Waals surface area contributed by atoms with Crippen LogP contribution in [0.1, 0.15) is 11.3 Å². The zero-order valence-electron chi connectivity index (χ0n) is 9.40. The summed E-state index contributed by atoms with van der Waals surface area (Å²) in [6.45, 7) is 2.77. The summed E-state index contributed by atoms with van der Waals surface area (Å²) >= 11 is 5.10. The van der Waals surface area contributed by atoms with Crippen LogP contribution in [0.15, 0.2) is 21.6 Å². The molecule has 0 bridgehead atoms. The molecule has 2 aromatic rings. The quantitative estimate of drug-likeness (QED) is 0.911. The van der Waals surface area contributed by atoms with Crippen LogP contribution in [0.3, 0.4) is 0 Å². The summed E-state index contributed by atoms with van der Waals surface area (Å²) in [5, 5.41) is 5.32. The van der Waals surface area contributed by atoms with Crippen LogP contribution in [-0.4, -0.2) is 16.5 Å². The second-order valence-corrected chi connectivity index (χ2v) is 5.17. The maximum Gasteiger partial charge on any atom is 0.140 e. The van der Waals surface area contributed by atoms with Gasteiger partial charge in [0.15, 0.2) is 0 Å². The average molecular weight is 313 g/mol. The van der Waals surface area contributed by atoms with Gasteiger partial charge in [-0.15, -0.1) is 11.3 Å². The molecule has 0 saturated heterocycles. The van der Waals surface area contributed by atoms with E-state index in [1.807, 2.05) is 12.4 Å². The molecule has 0 aliphatic rings. The Bertz CT molecular complexity index is 498. The van der Waals surface area contributed by atoms with Gasteiger partial charge in [0, 0.05) is 18.3 Å². The Kier molecular flexibility index (Phi) is 3.96. The predicted octanol–water partition coefficient (Wildman–Crippen LogP) is 2.85. The first-order valence-electron chi connectivity index (χ1n) is 5.20. The van der Waals surface area contributed by atoms with Gasteiger partial charge in [-0.05, 0) is 28.4 Å². The maximum atomic E-state index is 5.77. The minimum atomic E-state index is 0.696. The number of halogens is 1. The molecule has 0 aliphatic carbocycles. The van der Waals surface area contributed by atoms with Crippen LogP contribution < -0.4 is 11.1 Å². The van der Waals surface area contributed by atoms with Gasteiger partial charge in [0.25, 0.3) is 0 Å². The molecule has 2 heterocycles. The van der Waals surface area contributed by atoms with Crippen LogP contribution >= 0.6 is 27.3 Å². The highest BCUT2D eigenvalue weighted by Gasteiger charge is 2.06. The summed E-state index contributed by atoms with van der Waals surface area (Å²) in [4.78, 5) is 8.48. The van der Waals surface area contributed by atoms with Gasteiger partial charge in [0.1, 0.15) is 5.82 Å². The zero-order chi connectivity index (χ0) is 12.3. The lowest BCUT2D eigenvalue weighted by Gasteiger charge is -2.10. The van der Waals surface area contributed by atoms with Gasteiger partial charge in [-0.2, -0.15) is 0 Å². The SMILES string of the molecule is Cc1c(N)cnc(NCCc2cscn2)c1Br. The molecule has 17 heavy (non-hydrogen) atoms. The van der Waals surface area contributed by atoms with Crippen LogP contribution in [0.25, 0.3) is 0 Å². The van der Waals surface area contributed by atoms with Gasteiger partial charge in [-0.25, -0.2) is 9.97 Å². The number of thiazole rings is 1. The molecule has 3 N–H and O–H groups in total. The second-order valence-electron chi connectivity index (χ2n) is 3.66. The first-order valence-corrected chi connectivity index (χ1v) is 6.93. The summed E-state index contributed by atoms with van der Waals surface area (Å²) < 4.78 is 0.927. The van der Waals surface area contributed by atoms with E-state index in [1.54, 1.807) is 17.5 Å². The standard InChI is InChI=1S/C11H13BrN4S/c1-7-9(13)4-15-11(10(7)12)14-3-2-8-5-17-6-16-8/h4-6H,2-3,13H2,1H3,(H,14,15). The molecule has 0 atom stereocenters. The molecule has 0 radical (unpaired) electrons. The molecular formula is C11H13BrN4S. The van der Waals surface area contributed by atoms with Crippen LogP contribution in [0, 0.1) is 6.92 Å². The highest BCUT2D eigenvalue weighted by Crippen LogP contribution is 2.27. The summed E-state index contributed by atoms with van der Waals surface area (Å²) in [6, 6.07) is 0. The summed E-state index contributed by atoms with van der Waals surface area (Å²) in [7, 11) is 0. The smallest absolute Gasteiger partial charge is 0.140 e. The van der Waals surface area contributed by atoms with Crippen LogP contribution in [0.4, 0.5) is 11.5 Å². The lowest BCUT2D eigenvalue weighted by Crippen LogP contribution is -2.08. The summed E-state index contributed by atoms with van der Waals surface area (Å²) in [6.07, 6.45) is 2.56. The van der Waals surface area contributed by atoms with Crippen molar-refractivity contribution in [3.63, 3.8) is 0 Å². The first kappa shape index (κ1) is 12.3. The lowest BCUT2D eigenvalue weighted by molar-refractivity contribution is 0.966. The van der Waals surface area contributed by atoms with Gasteiger partial charge in [0.2, 0.25) is 0 Å². The van der Waals surface area contributed by atoms with Gasteiger partial charge >= 0.3 is 0 Å².